The van der Waals surface area contributed by atoms with Crippen molar-refractivity contribution >= 4 is 18.0 Å². The molecule has 0 bridgehead atoms. The molecule has 0 aliphatic carbocycles. The van der Waals surface area contributed by atoms with Crippen molar-refractivity contribution in [1.82, 2.24) is 9.78 Å². The second kappa shape index (κ2) is 5.68. The van der Waals surface area contributed by atoms with E-state index in [1.165, 1.54) is 5.56 Å². The fourth-order valence-corrected chi connectivity index (χ4v) is 2.53. The van der Waals surface area contributed by atoms with Gasteiger partial charge in [-0.3, -0.25) is 9.48 Å². The molecule has 0 aliphatic heterocycles. The van der Waals surface area contributed by atoms with Gasteiger partial charge in [0.2, 0.25) is 0 Å². The molecule has 1 heterocycles. The van der Waals surface area contributed by atoms with Gasteiger partial charge in [0.05, 0.1) is 6.20 Å². The number of hydrogen-bond acceptors (Lipinski definition) is 3. The van der Waals surface area contributed by atoms with E-state index < -0.39 is 0 Å². The first-order valence-electron chi connectivity index (χ1n) is 5.43. The van der Waals surface area contributed by atoms with Gasteiger partial charge in [0, 0.05) is 29.5 Å². The molecule has 0 saturated carbocycles. The third-order valence-corrected chi connectivity index (χ3v) is 3.41. The number of nitrogens with zero attached hydrogens (tertiary/aromatic N) is 2. The van der Waals surface area contributed by atoms with Crippen LogP contribution >= 0.6 is 11.8 Å². The molecule has 0 atom stereocenters. The lowest BCUT2D eigenvalue weighted by atomic mass is 10.2. The number of aromatic nitrogens is 2. The molecule has 17 heavy (non-hydrogen) atoms. The predicted octanol–water partition coefficient (Wildman–Crippen LogP) is 2.57. The van der Waals surface area contributed by atoms with Crippen LogP contribution in [0.3, 0.4) is 0 Å². The number of hydrogen-bond donors (Lipinski definition) is 0. The topological polar surface area (TPSA) is 34.9 Å². The van der Waals surface area contributed by atoms with Gasteiger partial charge >= 0.3 is 0 Å². The molecular formula is C13H14N2OS. The molecule has 88 valence electrons. The van der Waals surface area contributed by atoms with Crippen molar-refractivity contribution in [2.24, 2.45) is 7.05 Å². The minimum atomic E-state index is 0.733. The Morgan fingerprint density at radius 2 is 2.35 bits per heavy atom. The van der Waals surface area contributed by atoms with Crippen molar-refractivity contribution in [2.75, 3.05) is 5.75 Å². The lowest BCUT2D eigenvalue weighted by Crippen LogP contribution is -1.88. The third-order valence-electron chi connectivity index (χ3n) is 2.41. The van der Waals surface area contributed by atoms with E-state index in [-0.39, 0.29) is 0 Å². The van der Waals surface area contributed by atoms with Crippen molar-refractivity contribution in [1.29, 1.82) is 0 Å². The van der Waals surface area contributed by atoms with Crippen LogP contribution in [0.4, 0.5) is 0 Å². The smallest absolute Gasteiger partial charge is 0.150 e. The molecular weight excluding hydrogens is 232 g/mol. The maximum atomic E-state index is 10.6. The SMILES string of the molecule is Cn1cc(CCSc2cccc(C=O)c2)cn1. The van der Waals surface area contributed by atoms with Gasteiger partial charge in [0.15, 0.2) is 0 Å². The molecule has 0 unspecified atom stereocenters. The van der Waals surface area contributed by atoms with E-state index in [2.05, 4.69) is 5.10 Å². The second-order valence-electron chi connectivity index (χ2n) is 3.81. The number of thioether (sulfide) groups is 1. The number of rotatable bonds is 5. The van der Waals surface area contributed by atoms with E-state index in [1.807, 2.05) is 48.4 Å². The van der Waals surface area contributed by atoms with Gasteiger partial charge in [-0.1, -0.05) is 12.1 Å². The molecule has 0 spiro atoms. The monoisotopic (exact) mass is 246 g/mol. The van der Waals surface area contributed by atoms with Crippen LogP contribution in [0.5, 0.6) is 0 Å². The van der Waals surface area contributed by atoms with Crippen molar-refractivity contribution in [3.8, 4) is 0 Å². The Kier molecular flexibility index (Phi) is 3.98. The lowest BCUT2D eigenvalue weighted by molar-refractivity contribution is 0.112. The molecule has 4 heteroatoms. The summed E-state index contributed by atoms with van der Waals surface area (Å²) in [5.74, 6) is 0.994. The Balaban J connectivity index is 1.87. The average molecular weight is 246 g/mol. The fourth-order valence-electron chi connectivity index (χ4n) is 1.57. The van der Waals surface area contributed by atoms with E-state index in [9.17, 15) is 4.79 Å². The Morgan fingerprint density at radius 3 is 3.06 bits per heavy atom. The molecule has 0 amide bonds. The van der Waals surface area contributed by atoms with Crippen LogP contribution in [0, 0.1) is 0 Å². The number of benzene rings is 1. The number of aldehydes is 1. The van der Waals surface area contributed by atoms with E-state index in [1.54, 1.807) is 11.8 Å². The summed E-state index contributed by atoms with van der Waals surface area (Å²) in [5.41, 5.74) is 1.97. The summed E-state index contributed by atoms with van der Waals surface area (Å²) in [7, 11) is 1.92. The van der Waals surface area contributed by atoms with Crippen LogP contribution < -0.4 is 0 Å². The Labute approximate surface area is 105 Å². The Hall–Kier alpha value is -1.55. The van der Waals surface area contributed by atoms with Crippen LogP contribution in [-0.4, -0.2) is 21.8 Å². The predicted molar refractivity (Wildman–Crippen MR) is 69.5 cm³/mol. The molecule has 2 rings (SSSR count). The highest BCUT2D eigenvalue weighted by molar-refractivity contribution is 7.99. The number of aryl methyl sites for hydroxylation is 2. The summed E-state index contributed by atoms with van der Waals surface area (Å²) in [6, 6.07) is 7.68. The first-order chi connectivity index (χ1) is 8.28. The first kappa shape index (κ1) is 11.9. The summed E-state index contributed by atoms with van der Waals surface area (Å²) in [6.07, 6.45) is 5.79. The zero-order valence-electron chi connectivity index (χ0n) is 9.67. The molecule has 0 aliphatic rings. The third kappa shape index (κ3) is 3.46. The molecule has 0 N–H and O–H groups in total. The van der Waals surface area contributed by atoms with E-state index in [0.29, 0.717) is 0 Å². The summed E-state index contributed by atoms with van der Waals surface area (Å²) >= 11 is 1.76. The Bertz CT molecular complexity index is 508. The molecule has 1 aromatic heterocycles. The van der Waals surface area contributed by atoms with Crippen LogP contribution in [0.1, 0.15) is 15.9 Å². The summed E-state index contributed by atoms with van der Waals surface area (Å²) in [6.45, 7) is 0. The van der Waals surface area contributed by atoms with Crippen molar-refractivity contribution in [3.63, 3.8) is 0 Å². The first-order valence-corrected chi connectivity index (χ1v) is 6.42. The van der Waals surface area contributed by atoms with Crippen molar-refractivity contribution in [3.05, 3.63) is 47.8 Å². The second-order valence-corrected chi connectivity index (χ2v) is 4.98. The summed E-state index contributed by atoms with van der Waals surface area (Å²) in [5, 5.41) is 4.13. The highest BCUT2D eigenvalue weighted by atomic mass is 32.2. The minimum Gasteiger partial charge on any atom is -0.298 e. The quantitative estimate of drug-likeness (QED) is 0.601. The van der Waals surface area contributed by atoms with Crippen LogP contribution in [0.25, 0.3) is 0 Å². The lowest BCUT2D eigenvalue weighted by Gasteiger charge is -2.01. The molecule has 3 nitrogen and oxygen atoms in total. The summed E-state index contributed by atoms with van der Waals surface area (Å²) in [4.78, 5) is 11.8. The summed E-state index contributed by atoms with van der Waals surface area (Å²) < 4.78 is 1.81. The fraction of sp³-hybridized carbons (Fsp3) is 0.231. The average Bonchev–Trinajstić information content (AvgIpc) is 2.75. The zero-order chi connectivity index (χ0) is 12.1. The van der Waals surface area contributed by atoms with Gasteiger partial charge < -0.3 is 0 Å². The van der Waals surface area contributed by atoms with Gasteiger partial charge in [0.25, 0.3) is 0 Å². The van der Waals surface area contributed by atoms with Crippen LogP contribution in [0.2, 0.25) is 0 Å². The van der Waals surface area contributed by atoms with E-state index in [0.717, 1.165) is 28.9 Å². The van der Waals surface area contributed by atoms with Crippen molar-refractivity contribution in [2.45, 2.75) is 11.3 Å². The van der Waals surface area contributed by atoms with Gasteiger partial charge in [-0.2, -0.15) is 5.10 Å². The molecule has 0 radical (unpaired) electrons. The van der Waals surface area contributed by atoms with Crippen LogP contribution in [-0.2, 0) is 13.5 Å². The highest BCUT2D eigenvalue weighted by Gasteiger charge is 1.99. The van der Waals surface area contributed by atoms with Gasteiger partial charge in [-0.05, 0) is 24.1 Å². The number of carbonyl (C=O) groups is 1. The molecule has 0 fully saturated rings. The van der Waals surface area contributed by atoms with Crippen LogP contribution in [0.15, 0.2) is 41.6 Å². The molecule has 0 saturated heterocycles. The highest BCUT2D eigenvalue weighted by Crippen LogP contribution is 2.19. The van der Waals surface area contributed by atoms with E-state index >= 15 is 0 Å². The van der Waals surface area contributed by atoms with Crippen molar-refractivity contribution < 1.29 is 4.79 Å². The van der Waals surface area contributed by atoms with Gasteiger partial charge in [0.1, 0.15) is 6.29 Å². The molecule has 2 aromatic rings. The largest absolute Gasteiger partial charge is 0.298 e. The minimum absolute atomic E-state index is 0.733. The number of carbonyl (C=O) groups excluding carboxylic acids is 1. The zero-order valence-corrected chi connectivity index (χ0v) is 10.5. The van der Waals surface area contributed by atoms with Gasteiger partial charge in [-0.15, -0.1) is 11.8 Å². The maximum absolute atomic E-state index is 10.6. The van der Waals surface area contributed by atoms with Gasteiger partial charge in [-0.25, -0.2) is 0 Å². The molecule has 1 aromatic carbocycles. The standard InChI is InChI=1S/C13H14N2OS/c1-15-9-12(8-14-15)5-6-17-13-4-2-3-11(7-13)10-16/h2-4,7-10H,5-6H2,1H3. The maximum Gasteiger partial charge on any atom is 0.150 e. The van der Waals surface area contributed by atoms with E-state index in [4.69, 9.17) is 0 Å². The Morgan fingerprint density at radius 1 is 1.47 bits per heavy atom. The normalized spacial score (nSPS) is 10.4.